The molecule has 0 radical (unpaired) electrons. The number of hydrogen-bond acceptors (Lipinski definition) is 6. The molecule has 0 saturated carbocycles. The molecular formula is C11H16N6O. The van der Waals surface area contributed by atoms with Gasteiger partial charge in [-0.05, 0) is 13.3 Å². The van der Waals surface area contributed by atoms with Gasteiger partial charge in [0.05, 0.1) is 11.8 Å². The molecular weight excluding hydrogens is 232 g/mol. The molecule has 1 unspecified atom stereocenters. The highest BCUT2D eigenvalue weighted by atomic mass is 16.3. The first-order chi connectivity index (χ1) is 8.59. The predicted octanol–water partition coefficient (Wildman–Crippen LogP) is -0.0240. The van der Waals surface area contributed by atoms with Crippen LogP contribution in [0.25, 0.3) is 5.65 Å². The molecule has 1 atom stereocenters. The largest absolute Gasteiger partial charge is 0.388 e. The quantitative estimate of drug-likeness (QED) is 0.511. The van der Waals surface area contributed by atoms with Crippen molar-refractivity contribution in [1.82, 2.24) is 14.4 Å². The van der Waals surface area contributed by atoms with Gasteiger partial charge in [0.25, 0.3) is 0 Å². The number of fused-ring (bicyclic) bond motifs is 1. The molecule has 18 heavy (non-hydrogen) atoms. The lowest BCUT2D eigenvalue weighted by molar-refractivity contribution is 0.0839. The molecule has 2 aromatic heterocycles. The Morgan fingerprint density at radius 3 is 3.06 bits per heavy atom. The Hall–Kier alpha value is -1.86. The summed E-state index contributed by atoms with van der Waals surface area (Å²) in [5.41, 5.74) is 2.65. The van der Waals surface area contributed by atoms with E-state index in [-0.39, 0.29) is 0 Å². The summed E-state index contributed by atoms with van der Waals surface area (Å²) in [4.78, 5) is 10.8. The van der Waals surface area contributed by atoms with E-state index in [1.54, 1.807) is 12.4 Å². The third kappa shape index (κ3) is 1.77. The Kier molecular flexibility index (Phi) is 2.39. The van der Waals surface area contributed by atoms with E-state index in [0.29, 0.717) is 12.4 Å². The number of imidazole rings is 1. The lowest BCUT2D eigenvalue weighted by Crippen LogP contribution is -2.30. The topological polar surface area (TPSA) is 91.7 Å². The predicted molar refractivity (Wildman–Crippen MR) is 68.3 cm³/mol. The number of hydrogen-bond donors (Lipinski definition) is 3. The zero-order valence-corrected chi connectivity index (χ0v) is 10.2. The molecule has 3 heterocycles. The molecule has 0 amide bonds. The third-order valence-electron chi connectivity index (χ3n) is 3.26. The average molecular weight is 248 g/mol. The molecule has 1 saturated heterocycles. The van der Waals surface area contributed by atoms with Crippen LogP contribution < -0.4 is 16.2 Å². The first-order valence-electron chi connectivity index (χ1n) is 5.87. The van der Waals surface area contributed by atoms with Crippen LogP contribution >= 0.6 is 0 Å². The fourth-order valence-corrected chi connectivity index (χ4v) is 2.32. The highest BCUT2D eigenvalue weighted by molar-refractivity contribution is 5.67. The van der Waals surface area contributed by atoms with Crippen molar-refractivity contribution in [1.29, 1.82) is 0 Å². The highest BCUT2D eigenvalue weighted by Gasteiger charge is 2.33. The van der Waals surface area contributed by atoms with E-state index in [2.05, 4.69) is 15.4 Å². The molecule has 96 valence electrons. The number of anilines is 2. The lowest BCUT2D eigenvalue weighted by atomic mass is 10.1. The first-order valence-corrected chi connectivity index (χ1v) is 5.87. The molecule has 0 bridgehead atoms. The third-order valence-corrected chi connectivity index (χ3v) is 3.26. The van der Waals surface area contributed by atoms with Gasteiger partial charge in [0.1, 0.15) is 0 Å². The summed E-state index contributed by atoms with van der Waals surface area (Å²) >= 11 is 0. The number of rotatable bonds is 2. The maximum Gasteiger partial charge on any atom is 0.180 e. The molecule has 4 N–H and O–H groups in total. The summed E-state index contributed by atoms with van der Waals surface area (Å²) in [6.45, 7) is 3.15. The number of hydrazine groups is 1. The fourth-order valence-electron chi connectivity index (χ4n) is 2.32. The van der Waals surface area contributed by atoms with Crippen molar-refractivity contribution in [3.8, 4) is 0 Å². The maximum atomic E-state index is 10.0. The van der Waals surface area contributed by atoms with E-state index in [9.17, 15) is 5.11 Å². The minimum atomic E-state index is -0.669. The van der Waals surface area contributed by atoms with Gasteiger partial charge in [-0.25, -0.2) is 15.8 Å². The van der Waals surface area contributed by atoms with Gasteiger partial charge < -0.3 is 19.8 Å². The van der Waals surface area contributed by atoms with Gasteiger partial charge in [0.15, 0.2) is 17.3 Å². The van der Waals surface area contributed by atoms with Crippen LogP contribution in [0.5, 0.6) is 0 Å². The van der Waals surface area contributed by atoms with E-state index >= 15 is 0 Å². The summed E-state index contributed by atoms with van der Waals surface area (Å²) in [7, 11) is 0. The van der Waals surface area contributed by atoms with Gasteiger partial charge in [-0.3, -0.25) is 0 Å². The van der Waals surface area contributed by atoms with Crippen LogP contribution in [-0.2, 0) is 0 Å². The summed E-state index contributed by atoms with van der Waals surface area (Å²) in [5.74, 6) is 6.73. The van der Waals surface area contributed by atoms with Crippen LogP contribution in [0.1, 0.15) is 13.3 Å². The molecule has 7 heteroatoms. The summed E-state index contributed by atoms with van der Waals surface area (Å²) in [5, 5.41) is 10.0. The fraction of sp³-hybridized carbons (Fsp3) is 0.455. The smallest absolute Gasteiger partial charge is 0.180 e. The minimum absolute atomic E-state index is 0.552. The highest BCUT2D eigenvalue weighted by Crippen LogP contribution is 2.28. The Balaban J connectivity index is 2.07. The van der Waals surface area contributed by atoms with Crippen molar-refractivity contribution < 1.29 is 5.11 Å². The SMILES string of the molecule is CC1(O)CCN(c2nc(NN)cn3ccnc23)C1. The van der Waals surface area contributed by atoms with Crippen molar-refractivity contribution in [2.24, 2.45) is 5.84 Å². The maximum absolute atomic E-state index is 10.0. The standard InChI is InChI=1S/C11H16N6O/c1-11(18)2-4-17(7-11)10-9-13-3-5-16(9)6-8(14-10)15-12/h3,5-6,15,18H,2,4,7,12H2,1H3. The van der Waals surface area contributed by atoms with Crippen molar-refractivity contribution >= 4 is 17.3 Å². The average Bonchev–Trinajstić information content (AvgIpc) is 2.93. The molecule has 1 aliphatic heterocycles. The number of nitrogens with zero attached hydrogens (tertiary/aromatic N) is 4. The van der Waals surface area contributed by atoms with Crippen LogP contribution in [0.15, 0.2) is 18.6 Å². The molecule has 1 fully saturated rings. The van der Waals surface area contributed by atoms with Crippen molar-refractivity contribution in [3.05, 3.63) is 18.6 Å². The van der Waals surface area contributed by atoms with Crippen molar-refractivity contribution in [3.63, 3.8) is 0 Å². The van der Waals surface area contributed by atoms with E-state index in [1.165, 1.54) is 0 Å². The number of nitrogens with one attached hydrogen (secondary N) is 1. The number of nitrogens with two attached hydrogens (primary N) is 1. The van der Waals surface area contributed by atoms with E-state index in [4.69, 9.17) is 5.84 Å². The van der Waals surface area contributed by atoms with Crippen molar-refractivity contribution in [2.45, 2.75) is 18.9 Å². The number of nitrogen functional groups attached to an aromatic ring is 1. The molecule has 0 aliphatic carbocycles. The summed E-state index contributed by atoms with van der Waals surface area (Å²) in [6, 6.07) is 0. The zero-order valence-electron chi connectivity index (χ0n) is 10.2. The van der Waals surface area contributed by atoms with Gasteiger partial charge in [0, 0.05) is 25.5 Å². The summed E-state index contributed by atoms with van der Waals surface area (Å²) in [6.07, 6.45) is 6.06. The van der Waals surface area contributed by atoms with Crippen LogP contribution in [0.2, 0.25) is 0 Å². The van der Waals surface area contributed by atoms with Crippen LogP contribution in [-0.4, -0.2) is 38.2 Å². The van der Waals surface area contributed by atoms with Crippen LogP contribution in [0.3, 0.4) is 0 Å². The summed E-state index contributed by atoms with van der Waals surface area (Å²) < 4.78 is 1.87. The molecule has 0 spiro atoms. The van der Waals surface area contributed by atoms with Crippen molar-refractivity contribution in [2.75, 3.05) is 23.4 Å². The molecule has 3 rings (SSSR count). The molecule has 7 nitrogen and oxygen atoms in total. The number of aromatic nitrogens is 3. The van der Waals surface area contributed by atoms with Gasteiger partial charge in [-0.1, -0.05) is 0 Å². The second-order valence-corrected chi connectivity index (χ2v) is 4.92. The number of β-amino-alcohol motifs (C(OH)–C–C–N with tert-alkyl or cyclic N) is 1. The molecule has 1 aliphatic rings. The van der Waals surface area contributed by atoms with E-state index in [0.717, 1.165) is 24.4 Å². The Morgan fingerprint density at radius 2 is 2.39 bits per heavy atom. The van der Waals surface area contributed by atoms with E-state index < -0.39 is 5.60 Å². The van der Waals surface area contributed by atoms with Crippen LogP contribution in [0, 0.1) is 0 Å². The lowest BCUT2D eigenvalue weighted by Gasteiger charge is -2.20. The normalized spacial score (nSPS) is 23.8. The van der Waals surface area contributed by atoms with Crippen LogP contribution in [0.4, 0.5) is 11.6 Å². The second-order valence-electron chi connectivity index (χ2n) is 4.92. The van der Waals surface area contributed by atoms with Gasteiger partial charge in [-0.2, -0.15) is 0 Å². The van der Waals surface area contributed by atoms with Gasteiger partial charge in [-0.15, -0.1) is 0 Å². The van der Waals surface area contributed by atoms with Gasteiger partial charge in [0.2, 0.25) is 0 Å². The Morgan fingerprint density at radius 1 is 1.56 bits per heavy atom. The first kappa shape index (κ1) is 11.2. The number of aliphatic hydroxyl groups is 1. The Labute approximate surface area is 104 Å². The van der Waals surface area contributed by atoms with E-state index in [1.807, 2.05) is 22.4 Å². The monoisotopic (exact) mass is 248 g/mol. The van der Waals surface area contributed by atoms with Gasteiger partial charge >= 0.3 is 0 Å². The minimum Gasteiger partial charge on any atom is -0.388 e. The second kappa shape index (κ2) is 3.82. The Bertz CT molecular complexity index is 578. The molecule has 0 aromatic carbocycles. The molecule has 2 aromatic rings. The zero-order chi connectivity index (χ0) is 12.8.